The number of ether oxygens (including phenoxy) is 2. The van der Waals surface area contributed by atoms with Crippen molar-refractivity contribution in [2.24, 2.45) is 0 Å². The van der Waals surface area contributed by atoms with E-state index in [0.717, 1.165) is 11.3 Å². The van der Waals surface area contributed by atoms with E-state index < -0.39 is 0 Å². The molecule has 0 amide bonds. The second kappa shape index (κ2) is 6.49. The maximum atomic E-state index is 5.31. The molecule has 2 heterocycles. The summed E-state index contributed by atoms with van der Waals surface area (Å²) in [5, 5.41) is 5.35. The van der Waals surface area contributed by atoms with Crippen LogP contribution in [0.5, 0.6) is 11.8 Å². The molecule has 2 aromatic rings. The third kappa shape index (κ3) is 3.15. The Morgan fingerprint density at radius 1 is 1.37 bits per heavy atom. The van der Waals surface area contributed by atoms with Crippen LogP contribution in [-0.4, -0.2) is 31.2 Å². The van der Waals surface area contributed by atoms with Gasteiger partial charge < -0.3 is 14.8 Å². The van der Waals surface area contributed by atoms with Gasteiger partial charge in [-0.2, -0.15) is 4.98 Å². The van der Waals surface area contributed by atoms with Crippen molar-refractivity contribution in [1.82, 2.24) is 15.3 Å². The summed E-state index contributed by atoms with van der Waals surface area (Å²) < 4.78 is 11.6. The van der Waals surface area contributed by atoms with Crippen LogP contribution in [0, 0.1) is 2.88 Å². The van der Waals surface area contributed by atoms with Crippen molar-refractivity contribution in [2.45, 2.75) is 6.04 Å². The zero-order valence-electron chi connectivity index (χ0n) is 10.8. The van der Waals surface area contributed by atoms with Crippen molar-refractivity contribution < 1.29 is 9.47 Å². The largest absolute Gasteiger partial charge is 0.480 e. The van der Waals surface area contributed by atoms with E-state index in [0.29, 0.717) is 11.8 Å². The Balaban J connectivity index is 2.43. The third-order valence-electron chi connectivity index (χ3n) is 2.63. The van der Waals surface area contributed by atoms with Crippen molar-refractivity contribution in [1.29, 1.82) is 0 Å². The minimum absolute atomic E-state index is 0.0480. The van der Waals surface area contributed by atoms with Gasteiger partial charge >= 0.3 is 0 Å². The molecular weight excluding hydrogens is 377 g/mol. The van der Waals surface area contributed by atoms with E-state index in [1.165, 1.54) is 2.88 Å². The van der Waals surface area contributed by atoms with E-state index in [9.17, 15) is 0 Å². The zero-order chi connectivity index (χ0) is 13.8. The Kier molecular flexibility index (Phi) is 4.94. The van der Waals surface area contributed by atoms with E-state index in [1.54, 1.807) is 31.8 Å². The van der Waals surface area contributed by atoms with Gasteiger partial charge in [-0.3, -0.25) is 0 Å². The van der Waals surface area contributed by atoms with Crippen molar-refractivity contribution in [3.05, 3.63) is 31.8 Å². The second-order valence-corrected chi connectivity index (χ2v) is 6.52. The first-order valence-corrected chi connectivity index (χ1v) is 7.51. The fraction of sp³-hybridized carbons (Fsp3) is 0.333. The molecule has 5 nitrogen and oxygen atoms in total. The number of rotatable bonds is 5. The number of halogens is 1. The van der Waals surface area contributed by atoms with Crippen LogP contribution in [0.3, 0.4) is 0 Å². The van der Waals surface area contributed by atoms with Gasteiger partial charge in [-0.15, -0.1) is 11.3 Å². The number of hydrogen-bond acceptors (Lipinski definition) is 6. The van der Waals surface area contributed by atoms with Gasteiger partial charge in [-0.1, -0.05) is 0 Å². The average molecular weight is 391 g/mol. The second-order valence-electron chi connectivity index (χ2n) is 3.71. The first-order chi connectivity index (χ1) is 9.19. The zero-order valence-corrected chi connectivity index (χ0v) is 13.8. The summed E-state index contributed by atoms with van der Waals surface area (Å²) in [5.74, 6) is 0.912. The molecule has 1 N–H and O–H groups in total. The summed E-state index contributed by atoms with van der Waals surface area (Å²) in [7, 11) is 5.03. The van der Waals surface area contributed by atoms with Gasteiger partial charge in [0.1, 0.15) is 5.69 Å². The summed E-state index contributed by atoms with van der Waals surface area (Å²) in [5.41, 5.74) is 1.90. The monoisotopic (exact) mass is 391 g/mol. The van der Waals surface area contributed by atoms with E-state index in [1.807, 2.05) is 7.05 Å². The predicted molar refractivity (Wildman–Crippen MR) is 83.1 cm³/mol. The molecule has 102 valence electrons. The first kappa shape index (κ1) is 14.5. The van der Waals surface area contributed by atoms with Gasteiger partial charge in [0, 0.05) is 0 Å². The number of methoxy groups -OCH3 is 2. The molecule has 7 heteroatoms. The lowest BCUT2D eigenvalue weighted by Crippen LogP contribution is -2.19. The Labute approximate surface area is 129 Å². The Morgan fingerprint density at radius 3 is 2.68 bits per heavy atom. The van der Waals surface area contributed by atoms with Crippen LogP contribution in [-0.2, 0) is 0 Å². The SMILES string of the molecule is CNC(c1csc(I)c1)c1ncc(OC)nc1OC. The molecule has 2 rings (SSSR count). The van der Waals surface area contributed by atoms with Crippen LogP contribution >= 0.6 is 33.9 Å². The van der Waals surface area contributed by atoms with Crippen LogP contribution in [0.25, 0.3) is 0 Å². The number of aromatic nitrogens is 2. The molecule has 0 aliphatic heterocycles. The molecular formula is C12H14IN3O2S. The number of nitrogens with zero attached hydrogens (tertiary/aromatic N) is 2. The summed E-state index contributed by atoms with van der Waals surface area (Å²) in [6.07, 6.45) is 1.60. The lowest BCUT2D eigenvalue weighted by atomic mass is 10.1. The average Bonchev–Trinajstić information content (AvgIpc) is 2.86. The fourth-order valence-electron chi connectivity index (χ4n) is 1.75. The minimum Gasteiger partial charge on any atom is -0.480 e. The van der Waals surface area contributed by atoms with Crippen molar-refractivity contribution >= 4 is 33.9 Å². The molecule has 0 radical (unpaired) electrons. The van der Waals surface area contributed by atoms with Crippen molar-refractivity contribution in [2.75, 3.05) is 21.3 Å². The van der Waals surface area contributed by atoms with Crippen LogP contribution in [0.4, 0.5) is 0 Å². The Hall–Kier alpha value is -0.930. The first-order valence-electron chi connectivity index (χ1n) is 5.55. The quantitative estimate of drug-likeness (QED) is 0.794. The van der Waals surface area contributed by atoms with Crippen LogP contribution in [0.2, 0.25) is 0 Å². The van der Waals surface area contributed by atoms with Gasteiger partial charge in [0.05, 0.1) is 29.3 Å². The maximum Gasteiger partial charge on any atom is 0.240 e. The predicted octanol–water partition coefficient (Wildman–Crippen LogP) is 2.47. The number of hydrogen-bond donors (Lipinski definition) is 1. The Morgan fingerprint density at radius 2 is 2.16 bits per heavy atom. The third-order valence-corrected chi connectivity index (χ3v) is 4.44. The molecule has 0 aromatic carbocycles. The Bertz CT molecular complexity index is 562. The van der Waals surface area contributed by atoms with E-state index in [4.69, 9.17) is 9.47 Å². The van der Waals surface area contributed by atoms with Crippen LogP contribution in [0.15, 0.2) is 17.6 Å². The fourth-order valence-corrected chi connectivity index (χ4v) is 3.15. The molecule has 1 atom stereocenters. The highest BCUT2D eigenvalue weighted by atomic mass is 127. The van der Waals surface area contributed by atoms with Crippen LogP contribution in [0.1, 0.15) is 17.3 Å². The maximum absolute atomic E-state index is 5.31. The lowest BCUT2D eigenvalue weighted by Gasteiger charge is -2.16. The molecule has 0 aliphatic carbocycles. The lowest BCUT2D eigenvalue weighted by molar-refractivity contribution is 0.353. The molecule has 19 heavy (non-hydrogen) atoms. The smallest absolute Gasteiger partial charge is 0.240 e. The molecule has 0 bridgehead atoms. The summed E-state index contributed by atoms with van der Waals surface area (Å²) in [6, 6.07) is 2.07. The summed E-state index contributed by atoms with van der Waals surface area (Å²) >= 11 is 4.00. The molecule has 2 aromatic heterocycles. The summed E-state index contributed by atoms with van der Waals surface area (Å²) in [6.45, 7) is 0. The molecule has 0 fully saturated rings. The molecule has 0 saturated carbocycles. The van der Waals surface area contributed by atoms with Crippen LogP contribution < -0.4 is 14.8 Å². The highest BCUT2D eigenvalue weighted by Gasteiger charge is 2.21. The van der Waals surface area contributed by atoms with E-state index >= 15 is 0 Å². The highest BCUT2D eigenvalue weighted by molar-refractivity contribution is 14.1. The van der Waals surface area contributed by atoms with Gasteiger partial charge in [-0.25, -0.2) is 4.98 Å². The van der Waals surface area contributed by atoms with E-state index in [2.05, 4.69) is 49.3 Å². The molecule has 0 aliphatic rings. The molecule has 0 spiro atoms. The van der Waals surface area contributed by atoms with Crippen molar-refractivity contribution in [3.8, 4) is 11.8 Å². The minimum atomic E-state index is -0.0480. The van der Waals surface area contributed by atoms with Crippen molar-refractivity contribution in [3.63, 3.8) is 0 Å². The van der Waals surface area contributed by atoms with Gasteiger partial charge in [-0.05, 0) is 46.6 Å². The molecule has 0 saturated heterocycles. The number of thiophene rings is 1. The van der Waals surface area contributed by atoms with E-state index in [-0.39, 0.29) is 6.04 Å². The topological polar surface area (TPSA) is 56.3 Å². The highest BCUT2D eigenvalue weighted by Crippen LogP contribution is 2.30. The number of nitrogens with one attached hydrogen (secondary N) is 1. The van der Waals surface area contributed by atoms with Gasteiger partial charge in [0.2, 0.25) is 11.8 Å². The van der Waals surface area contributed by atoms with Gasteiger partial charge in [0.25, 0.3) is 0 Å². The van der Waals surface area contributed by atoms with Gasteiger partial charge in [0.15, 0.2) is 0 Å². The molecule has 1 unspecified atom stereocenters. The standard InChI is InChI=1S/C12H14IN3O2S/c1-14-10(7-4-8(13)19-6-7)11-12(18-3)16-9(17-2)5-15-11/h4-6,10,14H,1-3H3. The normalized spacial score (nSPS) is 12.2. The summed E-state index contributed by atoms with van der Waals surface area (Å²) in [4.78, 5) is 8.67.